The Morgan fingerprint density at radius 1 is 1.20 bits per heavy atom. The standard InChI is InChI=1S/C16H26N2.2ClH/c1-3-4-8-16(18-11-9-17-10-12-18)15-7-5-6-14(2)13-15;;/h5-7,13,16-17H,3-4,8-12H2,1-2H3;2*1H/t16-;;/m0../s1. The zero-order valence-electron chi connectivity index (χ0n) is 12.6. The van der Waals surface area contributed by atoms with E-state index in [-0.39, 0.29) is 24.8 Å². The van der Waals surface area contributed by atoms with Gasteiger partial charge in [0, 0.05) is 32.2 Å². The first-order chi connectivity index (χ1) is 8.81. The molecule has 0 unspecified atom stereocenters. The Balaban J connectivity index is 0.00000180. The van der Waals surface area contributed by atoms with E-state index in [2.05, 4.69) is 48.3 Å². The van der Waals surface area contributed by atoms with E-state index in [1.165, 1.54) is 43.5 Å². The van der Waals surface area contributed by atoms with Crippen LogP contribution in [0.15, 0.2) is 24.3 Å². The van der Waals surface area contributed by atoms with Crippen LogP contribution in [-0.2, 0) is 0 Å². The molecule has 0 aromatic heterocycles. The molecule has 1 saturated heterocycles. The monoisotopic (exact) mass is 318 g/mol. The molecule has 116 valence electrons. The molecule has 1 heterocycles. The van der Waals surface area contributed by atoms with Gasteiger partial charge in [-0.1, -0.05) is 49.6 Å². The molecule has 0 saturated carbocycles. The molecule has 1 aromatic carbocycles. The van der Waals surface area contributed by atoms with E-state index in [0.717, 1.165) is 13.1 Å². The molecular formula is C16H28Cl2N2. The molecule has 1 aromatic rings. The van der Waals surface area contributed by atoms with Gasteiger partial charge >= 0.3 is 0 Å². The number of hydrogen-bond acceptors (Lipinski definition) is 2. The van der Waals surface area contributed by atoms with E-state index in [9.17, 15) is 0 Å². The van der Waals surface area contributed by atoms with Crippen LogP contribution < -0.4 is 5.32 Å². The van der Waals surface area contributed by atoms with Crippen molar-refractivity contribution in [3.05, 3.63) is 35.4 Å². The van der Waals surface area contributed by atoms with Crippen LogP contribution in [0.2, 0.25) is 0 Å². The first kappa shape index (κ1) is 19.7. The normalized spacial score (nSPS) is 16.9. The Morgan fingerprint density at radius 3 is 2.50 bits per heavy atom. The minimum atomic E-state index is 0. The van der Waals surface area contributed by atoms with Gasteiger partial charge in [0.1, 0.15) is 0 Å². The van der Waals surface area contributed by atoms with Gasteiger partial charge in [0.15, 0.2) is 0 Å². The molecule has 0 spiro atoms. The fraction of sp³-hybridized carbons (Fsp3) is 0.625. The first-order valence-electron chi connectivity index (χ1n) is 7.32. The highest BCUT2D eigenvalue weighted by molar-refractivity contribution is 5.85. The Morgan fingerprint density at radius 2 is 1.90 bits per heavy atom. The third kappa shape index (κ3) is 5.61. The summed E-state index contributed by atoms with van der Waals surface area (Å²) < 4.78 is 0. The largest absolute Gasteiger partial charge is 0.314 e. The van der Waals surface area contributed by atoms with Gasteiger partial charge in [0.25, 0.3) is 0 Å². The third-order valence-electron chi connectivity index (χ3n) is 3.85. The van der Waals surface area contributed by atoms with Crippen molar-refractivity contribution >= 4 is 24.8 Å². The Hall–Kier alpha value is -0.280. The van der Waals surface area contributed by atoms with Crippen LogP contribution in [0.5, 0.6) is 0 Å². The van der Waals surface area contributed by atoms with Gasteiger partial charge < -0.3 is 5.32 Å². The highest BCUT2D eigenvalue weighted by Crippen LogP contribution is 2.27. The van der Waals surface area contributed by atoms with Gasteiger partial charge in [-0.15, -0.1) is 24.8 Å². The number of nitrogens with zero attached hydrogens (tertiary/aromatic N) is 1. The van der Waals surface area contributed by atoms with Crippen LogP contribution in [0, 0.1) is 6.92 Å². The fourth-order valence-corrected chi connectivity index (χ4v) is 2.83. The summed E-state index contributed by atoms with van der Waals surface area (Å²) in [4.78, 5) is 2.65. The van der Waals surface area contributed by atoms with Gasteiger partial charge in [-0.3, -0.25) is 4.90 Å². The van der Waals surface area contributed by atoms with E-state index in [4.69, 9.17) is 0 Å². The highest BCUT2D eigenvalue weighted by Gasteiger charge is 2.21. The lowest BCUT2D eigenvalue weighted by atomic mass is 9.97. The van der Waals surface area contributed by atoms with Gasteiger partial charge in [-0.2, -0.15) is 0 Å². The van der Waals surface area contributed by atoms with Crippen LogP contribution in [0.1, 0.15) is 43.4 Å². The van der Waals surface area contributed by atoms with Crippen molar-refractivity contribution in [2.24, 2.45) is 0 Å². The van der Waals surface area contributed by atoms with Crippen LogP contribution in [0.3, 0.4) is 0 Å². The molecular weight excluding hydrogens is 291 g/mol. The lowest BCUT2D eigenvalue weighted by Gasteiger charge is -2.35. The Bertz CT molecular complexity index is 365. The summed E-state index contributed by atoms with van der Waals surface area (Å²) >= 11 is 0. The van der Waals surface area contributed by atoms with E-state index in [0.29, 0.717) is 6.04 Å². The number of aryl methyl sites for hydroxylation is 1. The van der Waals surface area contributed by atoms with E-state index in [1.807, 2.05) is 0 Å². The Kier molecular flexibility index (Phi) is 10.3. The number of nitrogens with one attached hydrogen (secondary N) is 1. The molecule has 1 aliphatic heterocycles. The minimum absolute atomic E-state index is 0. The molecule has 1 atom stereocenters. The van der Waals surface area contributed by atoms with E-state index >= 15 is 0 Å². The lowest BCUT2D eigenvalue weighted by Crippen LogP contribution is -2.45. The van der Waals surface area contributed by atoms with E-state index in [1.54, 1.807) is 0 Å². The first-order valence-corrected chi connectivity index (χ1v) is 7.32. The molecule has 2 nitrogen and oxygen atoms in total. The molecule has 1 aliphatic rings. The topological polar surface area (TPSA) is 15.3 Å². The quantitative estimate of drug-likeness (QED) is 0.883. The summed E-state index contributed by atoms with van der Waals surface area (Å²) in [5.74, 6) is 0. The van der Waals surface area contributed by atoms with Crippen molar-refractivity contribution in [2.45, 2.75) is 39.2 Å². The number of rotatable bonds is 5. The maximum absolute atomic E-state index is 3.45. The summed E-state index contributed by atoms with van der Waals surface area (Å²) in [6, 6.07) is 9.67. The van der Waals surface area contributed by atoms with Gasteiger partial charge in [0.2, 0.25) is 0 Å². The summed E-state index contributed by atoms with van der Waals surface area (Å²) in [6.07, 6.45) is 3.90. The van der Waals surface area contributed by atoms with Crippen LogP contribution in [-0.4, -0.2) is 31.1 Å². The second kappa shape index (κ2) is 10.4. The number of halogens is 2. The second-order valence-corrected chi connectivity index (χ2v) is 5.36. The smallest absolute Gasteiger partial charge is 0.0349 e. The summed E-state index contributed by atoms with van der Waals surface area (Å²) in [5.41, 5.74) is 2.88. The Labute approximate surface area is 136 Å². The van der Waals surface area contributed by atoms with Crippen molar-refractivity contribution in [3.63, 3.8) is 0 Å². The molecule has 0 radical (unpaired) electrons. The molecule has 1 fully saturated rings. The summed E-state index contributed by atoms with van der Waals surface area (Å²) in [5, 5.41) is 3.45. The predicted octanol–water partition coefficient (Wildman–Crippen LogP) is 3.98. The van der Waals surface area contributed by atoms with Crippen molar-refractivity contribution in [2.75, 3.05) is 26.2 Å². The molecule has 1 N–H and O–H groups in total. The predicted molar refractivity (Wildman–Crippen MR) is 92.4 cm³/mol. The molecule has 0 amide bonds. The third-order valence-corrected chi connectivity index (χ3v) is 3.85. The summed E-state index contributed by atoms with van der Waals surface area (Å²) in [7, 11) is 0. The minimum Gasteiger partial charge on any atom is -0.314 e. The van der Waals surface area contributed by atoms with Gasteiger partial charge in [-0.05, 0) is 18.9 Å². The number of benzene rings is 1. The maximum atomic E-state index is 3.45. The molecule has 0 bridgehead atoms. The maximum Gasteiger partial charge on any atom is 0.0349 e. The number of hydrogen-bond donors (Lipinski definition) is 1. The SMILES string of the molecule is CCCC[C@@H](c1cccc(C)c1)N1CCNCC1.Cl.Cl. The summed E-state index contributed by atoms with van der Waals surface area (Å²) in [6.45, 7) is 9.11. The zero-order valence-corrected chi connectivity index (χ0v) is 14.2. The highest BCUT2D eigenvalue weighted by atomic mass is 35.5. The van der Waals surface area contributed by atoms with Crippen molar-refractivity contribution in [3.8, 4) is 0 Å². The van der Waals surface area contributed by atoms with E-state index < -0.39 is 0 Å². The van der Waals surface area contributed by atoms with Crippen molar-refractivity contribution in [1.29, 1.82) is 0 Å². The average Bonchev–Trinajstić information content (AvgIpc) is 2.40. The second-order valence-electron chi connectivity index (χ2n) is 5.36. The van der Waals surface area contributed by atoms with Gasteiger partial charge in [-0.25, -0.2) is 0 Å². The van der Waals surface area contributed by atoms with Crippen LogP contribution >= 0.6 is 24.8 Å². The molecule has 20 heavy (non-hydrogen) atoms. The van der Waals surface area contributed by atoms with Crippen LogP contribution in [0.4, 0.5) is 0 Å². The lowest BCUT2D eigenvalue weighted by molar-refractivity contribution is 0.163. The molecule has 0 aliphatic carbocycles. The van der Waals surface area contributed by atoms with Crippen LogP contribution in [0.25, 0.3) is 0 Å². The van der Waals surface area contributed by atoms with Crippen molar-refractivity contribution < 1.29 is 0 Å². The fourth-order valence-electron chi connectivity index (χ4n) is 2.83. The van der Waals surface area contributed by atoms with Crippen molar-refractivity contribution in [1.82, 2.24) is 10.2 Å². The number of unbranched alkanes of at least 4 members (excludes halogenated alkanes) is 1. The zero-order chi connectivity index (χ0) is 12.8. The molecule has 2 rings (SSSR count). The number of piperazine rings is 1. The molecule has 4 heteroatoms. The average molecular weight is 319 g/mol. The van der Waals surface area contributed by atoms with Gasteiger partial charge in [0.05, 0.1) is 0 Å².